The predicted molar refractivity (Wildman–Crippen MR) is 77.6 cm³/mol. The second kappa shape index (κ2) is 7.27. The summed E-state index contributed by atoms with van der Waals surface area (Å²) in [5, 5.41) is 3.20. The van der Waals surface area contributed by atoms with Gasteiger partial charge in [0.1, 0.15) is 17.5 Å². The number of hydrogen-bond donors (Lipinski definition) is 1. The Labute approximate surface area is 122 Å². The van der Waals surface area contributed by atoms with Crippen molar-refractivity contribution in [1.82, 2.24) is 5.32 Å². The molecule has 0 fully saturated rings. The van der Waals surface area contributed by atoms with Crippen molar-refractivity contribution in [3.63, 3.8) is 0 Å². The minimum atomic E-state index is -0.465. The van der Waals surface area contributed by atoms with Crippen LogP contribution in [-0.2, 0) is 12.8 Å². The molecule has 0 bridgehead atoms. The first-order valence-corrected chi connectivity index (χ1v) is 7.01. The largest absolute Gasteiger partial charge is 0.314 e. The second-order valence-corrected chi connectivity index (χ2v) is 4.99. The third-order valence-corrected chi connectivity index (χ3v) is 3.39. The molecule has 0 spiro atoms. The van der Waals surface area contributed by atoms with Crippen LogP contribution in [0.15, 0.2) is 42.5 Å². The van der Waals surface area contributed by atoms with E-state index in [2.05, 4.69) is 5.32 Å². The van der Waals surface area contributed by atoms with E-state index in [0.717, 1.165) is 12.1 Å². The molecule has 0 aromatic heterocycles. The maximum absolute atomic E-state index is 13.7. The van der Waals surface area contributed by atoms with Crippen molar-refractivity contribution < 1.29 is 13.2 Å². The Hall–Kier alpha value is -1.81. The molecule has 21 heavy (non-hydrogen) atoms. The van der Waals surface area contributed by atoms with E-state index in [0.29, 0.717) is 30.5 Å². The summed E-state index contributed by atoms with van der Waals surface area (Å²) in [6, 6.07) is 9.78. The normalized spacial score (nSPS) is 12.4. The molecule has 2 rings (SSSR count). The van der Waals surface area contributed by atoms with Crippen molar-refractivity contribution in [2.45, 2.75) is 25.8 Å². The molecule has 0 amide bonds. The molecule has 0 saturated heterocycles. The highest BCUT2D eigenvalue weighted by atomic mass is 19.1. The summed E-state index contributed by atoms with van der Waals surface area (Å²) in [5.41, 5.74) is 0.873. The third kappa shape index (κ3) is 4.33. The summed E-state index contributed by atoms with van der Waals surface area (Å²) < 4.78 is 40.7. The van der Waals surface area contributed by atoms with Crippen LogP contribution in [0.3, 0.4) is 0 Å². The number of halogens is 3. The highest BCUT2D eigenvalue weighted by molar-refractivity contribution is 5.22. The van der Waals surface area contributed by atoms with Crippen LogP contribution in [0.4, 0.5) is 13.2 Å². The summed E-state index contributed by atoms with van der Waals surface area (Å²) in [7, 11) is 0. The van der Waals surface area contributed by atoms with Crippen LogP contribution in [0.2, 0.25) is 0 Å². The van der Waals surface area contributed by atoms with Crippen molar-refractivity contribution in [1.29, 1.82) is 0 Å². The standard InChI is InChI=1S/C17H18F3N/c1-2-21-15(10-12-5-3-4-6-16(12)19)11-13-9-14(18)7-8-17(13)20/h3-9,15,21H,2,10-11H2,1H3. The molecule has 112 valence electrons. The second-order valence-electron chi connectivity index (χ2n) is 4.99. The van der Waals surface area contributed by atoms with Crippen LogP contribution in [0, 0.1) is 17.5 Å². The zero-order valence-corrected chi connectivity index (χ0v) is 11.9. The number of likely N-dealkylation sites (N-methyl/N-ethyl adjacent to an activating group) is 1. The molecule has 0 aliphatic heterocycles. The fourth-order valence-electron chi connectivity index (χ4n) is 2.40. The molecule has 0 radical (unpaired) electrons. The van der Waals surface area contributed by atoms with Gasteiger partial charge in [0.2, 0.25) is 0 Å². The maximum atomic E-state index is 13.7. The third-order valence-electron chi connectivity index (χ3n) is 3.39. The highest BCUT2D eigenvalue weighted by Gasteiger charge is 2.14. The molecule has 2 aromatic carbocycles. The monoisotopic (exact) mass is 293 g/mol. The Bertz CT molecular complexity index is 598. The smallest absolute Gasteiger partial charge is 0.126 e. The molecule has 2 aromatic rings. The van der Waals surface area contributed by atoms with E-state index in [1.54, 1.807) is 18.2 Å². The molecule has 0 aliphatic carbocycles. The van der Waals surface area contributed by atoms with Crippen LogP contribution < -0.4 is 5.32 Å². The van der Waals surface area contributed by atoms with Crippen LogP contribution in [-0.4, -0.2) is 12.6 Å². The molecule has 0 saturated carbocycles. The average molecular weight is 293 g/mol. The lowest BCUT2D eigenvalue weighted by molar-refractivity contribution is 0.491. The van der Waals surface area contributed by atoms with Crippen LogP contribution >= 0.6 is 0 Å². The van der Waals surface area contributed by atoms with Gasteiger partial charge in [-0.1, -0.05) is 25.1 Å². The van der Waals surface area contributed by atoms with E-state index in [-0.39, 0.29) is 11.9 Å². The summed E-state index contributed by atoms with van der Waals surface area (Å²) in [5.74, 6) is -1.18. The lowest BCUT2D eigenvalue weighted by atomic mass is 9.98. The Morgan fingerprint density at radius 2 is 1.57 bits per heavy atom. The number of nitrogens with one attached hydrogen (secondary N) is 1. The van der Waals surface area contributed by atoms with Gasteiger partial charge in [-0.2, -0.15) is 0 Å². The Morgan fingerprint density at radius 1 is 0.905 bits per heavy atom. The molecule has 1 unspecified atom stereocenters. The quantitative estimate of drug-likeness (QED) is 0.852. The van der Waals surface area contributed by atoms with Gasteiger partial charge in [0, 0.05) is 6.04 Å². The molecular formula is C17H18F3N. The lowest BCUT2D eigenvalue weighted by Gasteiger charge is -2.19. The van der Waals surface area contributed by atoms with E-state index >= 15 is 0 Å². The zero-order valence-electron chi connectivity index (χ0n) is 11.9. The van der Waals surface area contributed by atoms with Gasteiger partial charge in [-0.3, -0.25) is 0 Å². The van der Waals surface area contributed by atoms with Crippen LogP contribution in [0.25, 0.3) is 0 Å². The van der Waals surface area contributed by atoms with Crippen LogP contribution in [0.1, 0.15) is 18.1 Å². The first-order valence-electron chi connectivity index (χ1n) is 7.01. The summed E-state index contributed by atoms with van der Waals surface area (Å²) in [4.78, 5) is 0. The van der Waals surface area contributed by atoms with Gasteiger partial charge >= 0.3 is 0 Å². The van der Waals surface area contributed by atoms with Crippen molar-refractivity contribution in [3.05, 3.63) is 71.0 Å². The summed E-state index contributed by atoms with van der Waals surface area (Å²) in [6.07, 6.45) is 0.738. The fraction of sp³-hybridized carbons (Fsp3) is 0.294. The summed E-state index contributed by atoms with van der Waals surface area (Å²) in [6.45, 7) is 2.60. The van der Waals surface area contributed by atoms with Crippen molar-refractivity contribution in [2.24, 2.45) is 0 Å². The van der Waals surface area contributed by atoms with Gasteiger partial charge in [0.15, 0.2) is 0 Å². The molecule has 1 nitrogen and oxygen atoms in total. The Balaban J connectivity index is 2.16. The van der Waals surface area contributed by atoms with Gasteiger partial charge in [-0.15, -0.1) is 0 Å². The van der Waals surface area contributed by atoms with Gasteiger partial charge in [0.25, 0.3) is 0 Å². The van der Waals surface area contributed by atoms with Gasteiger partial charge in [0.05, 0.1) is 0 Å². The van der Waals surface area contributed by atoms with Gasteiger partial charge in [-0.25, -0.2) is 13.2 Å². The molecule has 0 aliphatic rings. The minimum Gasteiger partial charge on any atom is -0.314 e. The van der Waals surface area contributed by atoms with E-state index in [4.69, 9.17) is 0 Å². The number of benzene rings is 2. The van der Waals surface area contributed by atoms with Crippen molar-refractivity contribution in [2.75, 3.05) is 6.54 Å². The van der Waals surface area contributed by atoms with E-state index < -0.39 is 11.6 Å². The number of hydrogen-bond acceptors (Lipinski definition) is 1. The van der Waals surface area contributed by atoms with Crippen LogP contribution in [0.5, 0.6) is 0 Å². The van der Waals surface area contributed by atoms with Gasteiger partial charge < -0.3 is 5.32 Å². The van der Waals surface area contributed by atoms with Crippen molar-refractivity contribution in [3.8, 4) is 0 Å². The van der Waals surface area contributed by atoms with E-state index in [1.165, 1.54) is 12.1 Å². The van der Waals surface area contributed by atoms with Crippen molar-refractivity contribution >= 4 is 0 Å². The predicted octanol–water partition coefficient (Wildman–Crippen LogP) is 3.87. The molecule has 0 heterocycles. The molecular weight excluding hydrogens is 275 g/mol. The summed E-state index contributed by atoms with van der Waals surface area (Å²) >= 11 is 0. The SMILES string of the molecule is CCNC(Cc1ccccc1F)Cc1cc(F)ccc1F. The average Bonchev–Trinajstić information content (AvgIpc) is 2.45. The van der Waals surface area contributed by atoms with E-state index in [1.807, 2.05) is 6.92 Å². The first-order chi connectivity index (χ1) is 10.1. The van der Waals surface area contributed by atoms with Gasteiger partial charge in [-0.05, 0) is 54.8 Å². The number of rotatable bonds is 6. The Morgan fingerprint density at radius 3 is 2.29 bits per heavy atom. The lowest BCUT2D eigenvalue weighted by Crippen LogP contribution is -2.33. The Kier molecular flexibility index (Phi) is 5.39. The molecule has 1 N–H and O–H groups in total. The molecule has 1 atom stereocenters. The maximum Gasteiger partial charge on any atom is 0.126 e. The topological polar surface area (TPSA) is 12.0 Å². The minimum absolute atomic E-state index is 0.150. The zero-order chi connectivity index (χ0) is 15.2. The van der Waals surface area contributed by atoms with E-state index in [9.17, 15) is 13.2 Å². The first kappa shape index (κ1) is 15.6. The molecule has 4 heteroatoms. The fourth-order valence-corrected chi connectivity index (χ4v) is 2.40. The highest BCUT2D eigenvalue weighted by Crippen LogP contribution is 2.16.